The van der Waals surface area contributed by atoms with Crippen LogP contribution in [0.15, 0.2) is 48.8 Å². The Bertz CT molecular complexity index is 2170. The number of hydrogen-bond donors (Lipinski definition) is 7. The third-order valence-corrected chi connectivity index (χ3v) is 12.1. The van der Waals surface area contributed by atoms with Crippen molar-refractivity contribution in [3.8, 4) is 0 Å². The maximum absolute atomic E-state index is 14.1. The number of aliphatic hydroxyl groups excluding tert-OH is 3. The first-order chi connectivity index (χ1) is 28.5. The molecular weight excluding hydrogens is 765 g/mol. The summed E-state index contributed by atoms with van der Waals surface area (Å²) in [6, 6.07) is 9.19. The van der Waals surface area contributed by atoms with Gasteiger partial charge in [-0.05, 0) is 85.5 Å². The summed E-state index contributed by atoms with van der Waals surface area (Å²) in [7, 11) is 0. The Hall–Kier alpha value is -5.52. The lowest BCUT2D eigenvalue weighted by Gasteiger charge is -2.26. The fourth-order valence-corrected chi connectivity index (χ4v) is 8.28. The number of nitrogens with one attached hydrogen (secondary N) is 3. The van der Waals surface area contributed by atoms with Crippen molar-refractivity contribution in [2.24, 2.45) is 23.7 Å². The van der Waals surface area contributed by atoms with E-state index < -0.39 is 17.6 Å². The molecule has 9 rings (SSSR count). The van der Waals surface area contributed by atoms with Crippen molar-refractivity contribution in [1.29, 1.82) is 0 Å². The number of carboxylic acids is 1. The second kappa shape index (κ2) is 17.4. The molecule has 312 valence electrons. The molecule has 0 radical (unpaired) electrons. The predicted octanol–water partition coefficient (Wildman–Crippen LogP) is 4.08. The summed E-state index contributed by atoms with van der Waals surface area (Å²) in [6.45, 7) is 3.46. The number of anilines is 4. The van der Waals surface area contributed by atoms with E-state index in [1.807, 2.05) is 0 Å². The van der Waals surface area contributed by atoms with Crippen LogP contribution in [0.2, 0.25) is 0 Å². The molecule has 2 aliphatic heterocycles. The van der Waals surface area contributed by atoms with E-state index in [-0.39, 0.29) is 66.9 Å². The lowest BCUT2D eigenvalue weighted by molar-refractivity contribution is 0.0696. The standard InChI is InChI=1S/C24H30FN5O3.C18H19FN4O3/c25-21-7-14(1-2-15(21)13-31)9-26-22-20(23(33)28-18-3-5-19(32)6-4-18)10-27-24(29-22)30-11-16-8-17(16)12-30;19-15-3-10(1-2-11(15)9-24)5-20-16-14(17(25)26)6-21-18(22-16)23-7-12-4-13(12)8-23/h1-2,7,10,16-19,31-32H,3-6,8-9,11-13H2,(H,28,33)(H,26,27,29);1-3,6,12-13,24H,4-5,7-9H2,(H,25,26)(H,20,21,22). The van der Waals surface area contributed by atoms with E-state index in [9.17, 15) is 33.7 Å². The molecule has 5 aliphatic rings. The monoisotopic (exact) mass is 813 g/mol. The van der Waals surface area contributed by atoms with E-state index in [2.05, 4.69) is 45.7 Å². The van der Waals surface area contributed by atoms with Crippen LogP contribution in [0.5, 0.6) is 0 Å². The number of rotatable bonds is 13. The molecule has 2 aromatic carbocycles. The van der Waals surface area contributed by atoms with E-state index >= 15 is 0 Å². The minimum atomic E-state index is -1.12. The maximum Gasteiger partial charge on any atom is 0.341 e. The molecular formula is C42H49F2N9O6. The van der Waals surface area contributed by atoms with Gasteiger partial charge in [-0.2, -0.15) is 9.97 Å². The van der Waals surface area contributed by atoms with Gasteiger partial charge < -0.3 is 46.2 Å². The van der Waals surface area contributed by atoms with Crippen molar-refractivity contribution in [1.82, 2.24) is 25.3 Å². The highest BCUT2D eigenvalue weighted by atomic mass is 19.1. The van der Waals surface area contributed by atoms with Crippen molar-refractivity contribution < 1.29 is 38.8 Å². The van der Waals surface area contributed by atoms with Crippen molar-refractivity contribution >= 4 is 35.4 Å². The SMILES string of the molecule is O=C(NC1CCC(O)CC1)c1cnc(N2CC3CC3C2)nc1NCc1ccc(CO)c(F)c1.O=C(O)c1cnc(N2CC3CC3C2)nc1NCc1ccc(CO)c(F)c1. The molecule has 15 nitrogen and oxygen atoms in total. The minimum absolute atomic E-state index is 0.0132. The predicted molar refractivity (Wildman–Crippen MR) is 214 cm³/mol. The fraction of sp³-hybridized carbons (Fsp3) is 0.476. The fourth-order valence-electron chi connectivity index (χ4n) is 8.28. The highest BCUT2D eigenvalue weighted by Gasteiger charge is 2.47. The van der Waals surface area contributed by atoms with E-state index in [0.717, 1.165) is 50.9 Å². The van der Waals surface area contributed by atoms with Gasteiger partial charge in [0.2, 0.25) is 11.9 Å². The zero-order valence-electron chi connectivity index (χ0n) is 32.5. The Morgan fingerprint density at radius 2 is 1.15 bits per heavy atom. The number of nitrogens with zero attached hydrogens (tertiary/aromatic N) is 6. The first-order valence-corrected chi connectivity index (χ1v) is 20.2. The van der Waals surface area contributed by atoms with Crippen LogP contribution in [0, 0.1) is 35.3 Å². The Balaban J connectivity index is 0.000000169. The smallest absolute Gasteiger partial charge is 0.341 e. The number of piperidine rings is 2. The first kappa shape index (κ1) is 40.3. The Morgan fingerprint density at radius 3 is 1.59 bits per heavy atom. The van der Waals surface area contributed by atoms with Gasteiger partial charge >= 0.3 is 5.97 Å². The number of carboxylic acid groups (broad SMARTS) is 1. The molecule has 4 heterocycles. The quantitative estimate of drug-likeness (QED) is 0.102. The van der Waals surface area contributed by atoms with Gasteiger partial charge in [0.25, 0.3) is 5.91 Å². The maximum atomic E-state index is 14.1. The minimum Gasteiger partial charge on any atom is -0.477 e. The number of aliphatic hydroxyl groups is 3. The van der Waals surface area contributed by atoms with Crippen molar-refractivity contribution in [2.45, 2.75) is 77.0 Å². The number of aromatic nitrogens is 4. The summed E-state index contributed by atoms with van der Waals surface area (Å²) in [6.07, 6.45) is 7.95. The summed E-state index contributed by atoms with van der Waals surface area (Å²) in [5, 5.41) is 46.5. The number of fused-ring (bicyclic) bond motifs is 2. The molecule has 4 aromatic rings. The van der Waals surface area contributed by atoms with Crippen LogP contribution >= 0.6 is 0 Å². The van der Waals surface area contributed by atoms with E-state index in [4.69, 9.17) is 5.11 Å². The average molecular weight is 814 g/mol. The summed E-state index contributed by atoms with van der Waals surface area (Å²) in [4.78, 5) is 46.5. The zero-order chi connectivity index (χ0) is 41.2. The highest BCUT2D eigenvalue weighted by Crippen LogP contribution is 2.46. The number of carbonyl (C=O) groups is 2. The summed E-state index contributed by atoms with van der Waals surface area (Å²) in [5.74, 6) is 2.29. The van der Waals surface area contributed by atoms with Crippen LogP contribution in [0.25, 0.3) is 0 Å². The molecule has 5 fully saturated rings. The first-order valence-electron chi connectivity index (χ1n) is 20.2. The zero-order valence-corrected chi connectivity index (χ0v) is 32.5. The Labute approximate surface area is 339 Å². The number of benzene rings is 2. The number of carbonyl (C=O) groups excluding carboxylic acids is 1. The third kappa shape index (κ3) is 9.53. The van der Waals surface area contributed by atoms with Crippen LogP contribution < -0.4 is 25.8 Å². The van der Waals surface area contributed by atoms with E-state index in [1.54, 1.807) is 24.4 Å². The van der Waals surface area contributed by atoms with Crippen LogP contribution in [0.1, 0.15) is 81.5 Å². The van der Waals surface area contributed by atoms with Crippen LogP contribution in [-0.2, 0) is 26.3 Å². The molecule has 4 atom stereocenters. The highest BCUT2D eigenvalue weighted by molar-refractivity contribution is 5.98. The molecule has 4 unspecified atom stereocenters. The number of halogens is 2. The molecule has 59 heavy (non-hydrogen) atoms. The van der Waals surface area contributed by atoms with Gasteiger partial charge in [0, 0.05) is 68.8 Å². The van der Waals surface area contributed by atoms with Gasteiger partial charge in [-0.15, -0.1) is 0 Å². The lowest BCUT2D eigenvalue weighted by Crippen LogP contribution is -2.39. The lowest BCUT2D eigenvalue weighted by atomic mass is 9.93. The summed E-state index contributed by atoms with van der Waals surface area (Å²) < 4.78 is 27.9. The largest absolute Gasteiger partial charge is 0.477 e. The summed E-state index contributed by atoms with van der Waals surface area (Å²) >= 11 is 0. The number of hydrogen-bond acceptors (Lipinski definition) is 13. The normalized spacial score (nSPS) is 23.7. The second-order valence-electron chi connectivity index (χ2n) is 16.3. The second-order valence-corrected chi connectivity index (χ2v) is 16.3. The average Bonchev–Trinajstić information content (AvgIpc) is 4.08. The topological polar surface area (TPSA) is 209 Å². The summed E-state index contributed by atoms with van der Waals surface area (Å²) in [5.41, 5.74) is 2.09. The molecule has 2 aromatic heterocycles. The van der Waals surface area contributed by atoms with Crippen molar-refractivity contribution in [2.75, 3.05) is 46.6 Å². The van der Waals surface area contributed by atoms with Crippen LogP contribution in [-0.4, -0.2) is 90.6 Å². The van der Waals surface area contributed by atoms with Crippen LogP contribution in [0.4, 0.5) is 32.3 Å². The van der Waals surface area contributed by atoms with Gasteiger partial charge in [0.05, 0.1) is 19.3 Å². The Kier molecular flexibility index (Phi) is 11.9. The number of aromatic carboxylic acids is 1. The Morgan fingerprint density at radius 1 is 0.695 bits per heavy atom. The van der Waals surface area contributed by atoms with Crippen molar-refractivity contribution in [3.63, 3.8) is 0 Å². The van der Waals surface area contributed by atoms with E-state index in [1.165, 1.54) is 37.2 Å². The molecule has 1 amide bonds. The third-order valence-electron chi connectivity index (χ3n) is 12.1. The molecule has 3 aliphatic carbocycles. The molecule has 0 spiro atoms. The molecule has 2 saturated heterocycles. The van der Waals surface area contributed by atoms with Gasteiger partial charge in [-0.25, -0.2) is 23.5 Å². The van der Waals surface area contributed by atoms with Crippen molar-refractivity contribution in [3.05, 3.63) is 93.8 Å². The van der Waals surface area contributed by atoms with Gasteiger partial charge in [-0.1, -0.05) is 24.3 Å². The molecule has 7 N–H and O–H groups in total. The molecule has 17 heteroatoms. The van der Waals surface area contributed by atoms with Gasteiger partial charge in [-0.3, -0.25) is 4.79 Å². The van der Waals surface area contributed by atoms with E-state index in [0.29, 0.717) is 59.1 Å². The van der Waals surface area contributed by atoms with Gasteiger partial charge in [0.1, 0.15) is 34.4 Å². The molecule has 3 saturated carbocycles. The number of amides is 1. The van der Waals surface area contributed by atoms with Gasteiger partial charge in [0.15, 0.2) is 0 Å². The van der Waals surface area contributed by atoms with Crippen LogP contribution in [0.3, 0.4) is 0 Å². The molecule has 0 bridgehead atoms.